The number of aryl methyl sites for hydroxylation is 1. The summed E-state index contributed by atoms with van der Waals surface area (Å²) in [7, 11) is 0. The number of aromatic hydroxyl groups is 1. The molecule has 8 heteroatoms. The fourth-order valence-electron chi connectivity index (χ4n) is 2.25. The Morgan fingerprint density at radius 1 is 1.33 bits per heavy atom. The molecule has 0 saturated carbocycles. The molecular weight excluding hydrogens is 317 g/mol. The van der Waals surface area contributed by atoms with Crippen LogP contribution in [0.4, 0.5) is 4.39 Å². The van der Waals surface area contributed by atoms with Gasteiger partial charge < -0.3 is 15.5 Å². The van der Waals surface area contributed by atoms with Gasteiger partial charge >= 0.3 is 5.97 Å². The third-order valence-electron chi connectivity index (χ3n) is 3.53. The zero-order valence-electron chi connectivity index (χ0n) is 13.4. The van der Waals surface area contributed by atoms with E-state index < -0.39 is 29.5 Å². The number of aliphatic carboxylic acids is 1. The molecule has 2 rings (SSSR count). The van der Waals surface area contributed by atoms with Crippen molar-refractivity contribution in [3.05, 3.63) is 41.5 Å². The summed E-state index contributed by atoms with van der Waals surface area (Å²) in [6.07, 6.45) is 1.21. The average molecular weight is 335 g/mol. The quantitative estimate of drug-likeness (QED) is 0.774. The van der Waals surface area contributed by atoms with Crippen LogP contribution in [0, 0.1) is 18.7 Å². The van der Waals surface area contributed by atoms with E-state index in [0.29, 0.717) is 11.3 Å². The van der Waals surface area contributed by atoms with Crippen LogP contribution in [0.25, 0.3) is 5.69 Å². The first-order valence-corrected chi connectivity index (χ1v) is 7.29. The van der Waals surface area contributed by atoms with E-state index in [9.17, 15) is 19.1 Å². The minimum Gasteiger partial charge on any atom is -0.504 e. The van der Waals surface area contributed by atoms with Crippen LogP contribution >= 0.6 is 0 Å². The van der Waals surface area contributed by atoms with E-state index in [1.165, 1.54) is 29.1 Å². The number of aromatic nitrogens is 2. The summed E-state index contributed by atoms with van der Waals surface area (Å²) in [6, 6.07) is 2.90. The lowest BCUT2D eigenvalue weighted by molar-refractivity contribution is -0.140. The number of hydrogen-bond donors (Lipinski definition) is 3. The van der Waals surface area contributed by atoms with Gasteiger partial charge in [-0.3, -0.25) is 4.79 Å². The summed E-state index contributed by atoms with van der Waals surface area (Å²) in [6.45, 7) is 4.97. The molecule has 0 fully saturated rings. The van der Waals surface area contributed by atoms with E-state index in [2.05, 4.69) is 10.4 Å². The summed E-state index contributed by atoms with van der Waals surface area (Å²) in [5, 5.41) is 25.4. The molecule has 2 aromatic rings. The van der Waals surface area contributed by atoms with Crippen LogP contribution in [0.2, 0.25) is 0 Å². The molecule has 7 nitrogen and oxygen atoms in total. The number of nitrogens with one attached hydrogen (secondary N) is 1. The molecule has 24 heavy (non-hydrogen) atoms. The number of amides is 1. The molecular formula is C16H18FN3O4. The highest BCUT2D eigenvalue weighted by molar-refractivity contribution is 5.97. The van der Waals surface area contributed by atoms with Gasteiger partial charge in [-0.2, -0.15) is 5.10 Å². The Hall–Kier alpha value is -2.90. The van der Waals surface area contributed by atoms with Gasteiger partial charge in [0.2, 0.25) is 0 Å². The van der Waals surface area contributed by atoms with Gasteiger partial charge in [0.05, 0.1) is 11.9 Å². The summed E-state index contributed by atoms with van der Waals surface area (Å²) in [5.74, 6) is -3.12. The number of carbonyl (C=O) groups excluding carboxylic acids is 1. The van der Waals surface area contributed by atoms with Crippen molar-refractivity contribution < 1.29 is 24.2 Å². The lowest BCUT2D eigenvalue weighted by Gasteiger charge is -2.17. The average Bonchev–Trinajstić information content (AvgIpc) is 2.85. The summed E-state index contributed by atoms with van der Waals surface area (Å²) in [5.41, 5.74) is 0.755. The SMILES string of the molecule is Cc1cc(F)ccc1-n1cc(O)c(C(=O)N[C@@H](C(=O)O)C(C)C)n1. The molecule has 128 valence electrons. The molecule has 1 heterocycles. The van der Waals surface area contributed by atoms with Crippen LogP contribution in [0.3, 0.4) is 0 Å². The van der Waals surface area contributed by atoms with Crippen LogP contribution in [0.15, 0.2) is 24.4 Å². The summed E-state index contributed by atoms with van der Waals surface area (Å²) >= 11 is 0. The maximum Gasteiger partial charge on any atom is 0.326 e. The van der Waals surface area contributed by atoms with E-state index in [1.807, 2.05) is 0 Å². The van der Waals surface area contributed by atoms with Gasteiger partial charge in [-0.15, -0.1) is 0 Å². The van der Waals surface area contributed by atoms with E-state index in [-0.39, 0.29) is 11.6 Å². The third-order valence-corrected chi connectivity index (χ3v) is 3.53. The molecule has 3 N–H and O–H groups in total. The smallest absolute Gasteiger partial charge is 0.326 e. The van der Waals surface area contributed by atoms with Crippen LogP contribution in [-0.4, -0.2) is 37.9 Å². The standard InChI is InChI=1S/C16H18FN3O4/c1-8(2)13(16(23)24)18-15(22)14-12(21)7-20(19-14)11-5-4-10(17)6-9(11)3/h4-8,13,21H,1-3H3,(H,18,22)(H,23,24)/t13-/m1/s1. The van der Waals surface area contributed by atoms with Gasteiger partial charge in [0.25, 0.3) is 5.91 Å². The molecule has 0 aliphatic rings. The predicted molar refractivity (Wildman–Crippen MR) is 83.7 cm³/mol. The molecule has 0 saturated heterocycles. The Balaban J connectivity index is 2.31. The van der Waals surface area contributed by atoms with Gasteiger partial charge in [0.1, 0.15) is 11.9 Å². The Morgan fingerprint density at radius 2 is 2.00 bits per heavy atom. The van der Waals surface area contributed by atoms with Crippen molar-refractivity contribution in [1.82, 2.24) is 15.1 Å². The van der Waals surface area contributed by atoms with Crippen molar-refractivity contribution in [3.8, 4) is 11.4 Å². The number of carboxylic acids is 1. The number of rotatable bonds is 5. The first kappa shape index (κ1) is 17.5. The highest BCUT2D eigenvalue weighted by atomic mass is 19.1. The van der Waals surface area contributed by atoms with Crippen LogP contribution in [0.5, 0.6) is 5.75 Å². The Kier molecular flexibility index (Phi) is 4.87. The second-order valence-electron chi connectivity index (χ2n) is 5.77. The number of halogens is 1. The van der Waals surface area contributed by atoms with Crippen LogP contribution in [0.1, 0.15) is 29.9 Å². The van der Waals surface area contributed by atoms with Crippen LogP contribution in [-0.2, 0) is 4.79 Å². The predicted octanol–water partition coefficient (Wildman–Crippen LogP) is 1.86. The van der Waals surface area contributed by atoms with Crippen molar-refractivity contribution in [3.63, 3.8) is 0 Å². The molecule has 0 radical (unpaired) electrons. The van der Waals surface area contributed by atoms with E-state index in [1.54, 1.807) is 20.8 Å². The van der Waals surface area contributed by atoms with E-state index in [0.717, 1.165) is 0 Å². The van der Waals surface area contributed by atoms with Crippen molar-refractivity contribution in [2.75, 3.05) is 0 Å². The first-order valence-electron chi connectivity index (χ1n) is 7.29. The largest absolute Gasteiger partial charge is 0.504 e. The normalized spacial score (nSPS) is 12.2. The maximum absolute atomic E-state index is 13.2. The topological polar surface area (TPSA) is 104 Å². The van der Waals surface area contributed by atoms with Crippen molar-refractivity contribution in [2.45, 2.75) is 26.8 Å². The highest BCUT2D eigenvalue weighted by Crippen LogP contribution is 2.21. The molecule has 1 amide bonds. The second-order valence-corrected chi connectivity index (χ2v) is 5.77. The second kappa shape index (κ2) is 6.69. The highest BCUT2D eigenvalue weighted by Gasteiger charge is 2.27. The Morgan fingerprint density at radius 3 is 2.54 bits per heavy atom. The van der Waals surface area contributed by atoms with E-state index in [4.69, 9.17) is 5.11 Å². The summed E-state index contributed by atoms with van der Waals surface area (Å²) < 4.78 is 14.4. The van der Waals surface area contributed by atoms with Crippen molar-refractivity contribution in [2.24, 2.45) is 5.92 Å². The lowest BCUT2D eigenvalue weighted by Crippen LogP contribution is -2.44. The third kappa shape index (κ3) is 3.53. The minimum absolute atomic E-state index is 0.300. The molecule has 1 aromatic heterocycles. The Bertz CT molecular complexity index is 786. The number of carboxylic acid groups (broad SMARTS) is 1. The minimum atomic E-state index is -1.17. The van der Waals surface area contributed by atoms with Gasteiger partial charge in [-0.25, -0.2) is 13.9 Å². The van der Waals surface area contributed by atoms with Gasteiger partial charge in [0, 0.05) is 0 Å². The zero-order valence-corrected chi connectivity index (χ0v) is 13.4. The maximum atomic E-state index is 13.2. The number of nitrogens with zero attached hydrogens (tertiary/aromatic N) is 2. The van der Waals surface area contributed by atoms with Gasteiger partial charge in [-0.05, 0) is 36.6 Å². The fourth-order valence-corrected chi connectivity index (χ4v) is 2.25. The molecule has 0 aliphatic carbocycles. The number of hydrogen-bond acceptors (Lipinski definition) is 4. The Labute approximate surface area is 137 Å². The molecule has 0 bridgehead atoms. The van der Waals surface area contributed by atoms with E-state index >= 15 is 0 Å². The van der Waals surface area contributed by atoms with Crippen LogP contribution < -0.4 is 5.32 Å². The fraction of sp³-hybridized carbons (Fsp3) is 0.312. The summed E-state index contributed by atoms with van der Waals surface area (Å²) in [4.78, 5) is 23.4. The van der Waals surface area contributed by atoms with Crippen molar-refractivity contribution in [1.29, 1.82) is 0 Å². The molecule has 1 aromatic carbocycles. The van der Waals surface area contributed by atoms with Gasteiger partial charge in [-0.1, -0.05) is 13.8 Å². The number of benzene rings is 1. The van der Waals surface area contributed by atoms with Crippen molar-refractivity contribution >= 4 is 11.9 Å². The molecule has 0 unspecified atom stereocenters. The lowest BCUT2D eigenvalue weighted by atomic mass is 10.0. The molecule has 1 atom stereocenters. The molecule has 0 spiro atoms. The van der Waals surface area contributed by atoms with Gasteiger partial charge in [0.15, 0.2) is 11.4 Å². The monoisotopic (exact) mass is 335 g/mol. The molecule has 0 aliphatic heterocycles. The number of carbonyl (C=O) groups is 2. The zero-order chi connectivity index (χ0) is 18.0. The first-order chi connectivity index (χ1) is 11.2.